The van der Waals surface area contributed by atoms with Crippen molar-refractivity contribution >= 4 is 0 Å². The maximum atomic E-state index is 11.4. The number of aliphatic hydroxyl groups is 1. The van der Waals surface area contributed by atoms with Gasteiger partial charge in [-0.2, -0.15) is 4.98 Å². The van der Waals surface area contributed by atoms with E-state index in [1.165, 1.54) is 5.56 Å². The normalized spacial score (nSPS) is 26.6. The van der Waals surface area contributed by atoms with E-state index in [1.54, 1.807) is 6.20 Å². The van der Waals surface area contributed by atoms with Crippen LogP contribution in [0.2, 0.25) is 0 Å². The summed E-state index contributed by atoms with van der Waals surface area (Å²) in [5.74, 6) is 1.47. The van der Waals surface area contributed by atoms with Gasteiger partial charge in [0.05, 0.1) is 31.0 Å². The van der Waals surface area contributed by atoms with Crippen molar-refractivity contribution in [3.63, 3.8) is 0 Å². The van der Waals surface area contributed by atoms with Crippen LogP contribution in [0.25, 0.3) is 0 Å². The van der Waals surface area contributed by atoms with Crippen molar-refractivity contribution in [1.82, 2.24) is 15.0 Å². The van der Waals surface area contributed by atoms with Gasteiger partial charge in [-0.3, -0.25) is 4.98 Å². The number of ether oxygens (including phenoxy) is 3. The van der Waals surface area contributed by atoms with Crippen molar-refractivity contribution in [2.45, 2.75) is 63.3 Å². The second-order valence-corrected chi connectivity index (χ2v) is 8.95. The van der Waals surface area contributed by atoms with Gasteiger partial charge in [-0.1, -0.05) is 6.07 Å². The predicted octanol–water partition coefficient (Wildman–Crippen LogP) is 3.18. The molecule has 7 heteroatoms. The monoisotopic (exact) mass is 411 g/mol. The molecule has 2 saturated carbocycles. The van der Waals surface area contributed by atoms with E-state index in [4.69, 9.17) is 14.2 Å². The number of hydrogen-bond donors (Lipinski definition) is 1. The van der Waals surface area contributed by atoms with Crippen molar-refractivity contribution in [3.05, 3.63) is 47.2 Å². The number of nitrogens with zero attached hydrogens (tertiary/aromatic N) is 3. The van der Waals surface area contributed by atoms with Crippen LogP contribution in [-0.4, -0.2) is 45.7 Å². The molecule has 1 spiro atoms. The summed E-state index contributed by atoms with van der Waals surface area (Å²) >= 11 is 0. The fraction of sp³-hybridized carbons (Fsp3) is 0.609. The average molecular weight is 412 g/mol. The Kier molecular flexibility index (Phi) is 5.00. The summed E-state index contributed by atoms with van der Waals surface area (Å²) in [4.78, 5) is 13.4. The summed E-state index contributed by atoms with van der Waals surface area (Å²) in [6, 6.07) is 4.21. The van der Waals surface area contributed by atoms with Gasteiger partial charge in [-0.05, 0) is 44.7 Å². The van der Waals surface area contributed by atoms with E-state index in [1.807, 2.05) is 20.0 Å². The van der Waals surface area contributed by atoms with Crippen molar-refractivity contribution in [2.24, 2.45) is 5.92 Å². The fourth-order valence-corrected chi connectivity index (χ4v) is 4.66. The molecule has 3 aliphatic rings. The third-order valence-electron chi connectivity index (χ3n) is 6.70. The molecular formula is C23H29N3O4. The smallest absolute Gasteiger partial charge is 0.222 e. The Morgan fingerprint density at radius 2 is 1.83 bits per heavy atom. The number of rotatable bonds is 5. The van der Waals surface area contributed by atoms with Crippen molar-refractivity contribution in [3.8, 4) is 5.88 Å². The number of pyridine rings is 1. The van der Waals surface area contributed by atoms with Crippen LogP contribution < -0.4 is 4.74 Å². The number of hydrogen-bond acceptors (Lipinski definition) is 7. The lowest BCUT2D eigenvalue weighted by molar-refractivity contribution is -0.204. The van der Waals surface area contributed by atoms with Crippen molar-refractivity contribution in [2.75, 3.05) is 19.8 Å². The molecule has 2 aliphatic carbocycles. The summed E-state index contributed by atoms with van der Waals surface area (Å²) < 4.78 is 17.8. The molecule has 1 saturated heterocycles. The first-order valence-corrected chi connectivity index (χ1v) is 10.9. The van der Waals surface area contributed by atoms with E-state index in [2.05, 4.69) is 27.1 Å². The van der Waals surface area contributed by atoms with Gasteiger partial charge < -0.3 is 19.3 Å². The molecule has 1 N–H and O–H groups in total. The fourth-order valence-electron chi connectivity index (χ4n) is 4.66. The zero-order valence-electron chi connectivity index (χ0n) is 17.6. The van der Waals surface area contributed by atoms with Crippen LogP contribution in [0.5, 0.6) is 5.88 Å². The molecule has 5 rings (SSSR count). The van der Waals surface area contributed by atoms with Gasteiger partial charge in [-0.25, -0.2) is 4.98 Å². The van der Waals surface area contributed by atoms with E-state index >= 15 is 0 Å². The van der Waals surface area contributed by atoms with Crippen LogP contribution >= 0.6 is 0 Å². The quantitative estimate of drug-likeness (QED) is 0.809. The molecule has 3 heterocycles. The first kappa shape index (κ1) is 19.8. The van der Waals surface area contributed by atoms with Gasteiger partial charge >= 0.3 is 0 Å². The Balaban J connectivity index is 1.27. The van der Waals surface area contributed by atoms with Crippen LogP contribution in [0.3, 0.4) is 0 Å². The zero-order chi connectivity index (χ0) is 20.8. The second kappa shape index (κ2) is 7.55. The minimum atomic E-state index is -1.02. The topological polar surface area (TPSA) is 86.6 Å². The molecule has 1 unspecified atom stereocenters. The minimum Gasteiger partial charge on any atom is -0.477 e. The van der Waals surface area contributed by atoms with Crippen molar-refractivity contribution < 1.29 is 19.3 Å². The first-order valence-electron chi connectivity index (χ1n) is 10.9. The standard InChI is InChI=1S/C23H29N3O4/c1-15-3-4-20(25-12-15)18-11-17(18)14-28-21-19(13-24-16(2)26-21)22(27)5-7-23(8-6-22)29-9-10-30-23/h3-4,12-13,17-18,27H,5-11,14H2,1-2H3/t17-,18?/m1/s1. The van der Waals surface area contributed by atoms with Gasteiger partial charge in [0, 0.05) is 42.8 Å². The summed E-state index contributed by atoms with van der Waals surface area (Å²) in [5.41, 5.74) is 1.95. The Hall–Kier alpha value is -2.09. The lowest BCUT2D eigenvalue weighted by Crippen LogP contribution is -2.42. The molecule has 2 aromatic heterocycles. The number of aryl methyl sites for hydroxylation is 2. The largest absolute Gasteiger partial charge is 0.477 e. The van der Waals surface area contributed by atoms with Gasteiger partial charge in [0.2, 0.25) is 5.88 Å². The predicted molar refractivity (Wildman–Crippen MR) is 109 cm³/mol. The van der Waals surface area contributed by atoms with Gasteiger partial charge in [0.25, 0.3) is 0 Å². The highest BCUT2D eigenvalue weighted by Gasteiger charge is 2.48. The molecule has 3 fully saturated rings. The number of aromatic nitrogens is 3. The molecular weight excluding hydrogens is 382 g/mol. The summed E-state index contributed by atoms with van der Waals surface area (Å²) in [6.07, 6.45) is 7.08. The Bertz CT molecular complexity index is 901. The molecule has 0 amide bonds. The molecule has 0 bridgehead atoms. The highest BCUT2D eigenvalue weighted by molar-refractivity contribution is 5.31. The summed E-state index contributed by atoms with van der Waals surface area (Å²) in [6.45, 7) is 5.70. The van der Waals surface area contributed by atoms with Crippen LogP contribution in [-0.2, 0) is 15.1 Å². The molecule has 0 aromatic carbocycles. The van der Waals surface area contributed by atoms with Gasteiger partial charge in [0.1, 0.15) is 5.82 Å². The van der Waals surface area contributed by atoms with E-state index in [-0.39, 0.29) is 0 Å². The SMILES string of the molecule is Cc1ccc(C2C[C@@H]2COc2nc(C)ncc2C2(O)CCC3(CC2)OCCO3)nc1. The van der Waals surface area contributed by atoms with E-state index in [9.17, 15) is 5.11 Å². The average Bonchev–Trinajstić information content (AvgIpc) is 3.38. The molecule has 2 aromatic rings. The molecule has 1 aliphatic heterocycles. The van der Waals surface area contributed by atoms with Crippen LogP contribution in [0, 0.1) is 19.8 Å². The first-order chi connectivity index (χ1) is 14.5. The van der Waals surface area contributed by atoms with E-state index in [0.29, 0.717) is 74.6 Å². The molecule has 0 radical (unpaired) electrons. The third-order valence-corrected chi connectivity index (χ3v) is 6.70. The van der Waals surface area contributed by atoms with Crippen LogP contribution in [0.4, 0.5) is 0 Å². The Morgan fingerprint density at radius 3 is 2.53 bits per heavy atom. The lowest BCUT2D eigenvalue weighted by atomic mass is 9.77. The Morgan fingerprint density at radius 1 is 1.07 bits per heavy atom. The maximum absolute atomic E-state index is 11.4. The van der Waals surface area contributed by atoms with Gasteiger partial charge in [0.15, 0.2) is 5.79 Å². The maximum Gasteiger partial charge on any atom is 0.222 e. The molecule has 30 heavy (non-hydrogen) atoms. The minimum absolute atomic E-state index is 0.424. The summed E-state index contributed by atoms with van der Waals surface area (Å²) in [5, 5.41) is 11.4. The third kappa shape index (κ3) is 3.82. The zero-order valence-corrected chi connectivity index (χ0v) is 17.6. The highest BCUT2D eigenvalue weighted by atomic mass is 16.7. The van der Waals surface area contributed by atoms with E-state index < -0.39 is 11.4 Å². The molecule has 2 atom stereocenters. The van der Waals surface area contributed by atoms with Crippen LogP contribution in [0.15, 0.2) is 24.5 Å². The van der Waals surface area contributed by atoms with Crippen molar-refractivity contribution in [1.29, 1.82) is 0 Å². The van der Waals surface area contributed by atoms with Gasteiger partial charge in [-0.15, -0.1) is 0 Å². The Labute approximate surface area is 176 Å². The molecule has 7 nitrogen and oxygen atoms in total. The lowest BCUT2D eigenvalue weighted by Gasteiger charge is -2.40. The summed E-state index contributed by atoms with van der Waals surface area (Å²) in [7, 11) is 0. The van der Waals surface area contributed by atoms with E-state index in [0.717, 1.165) is 12.1 Å². The van der Waals surface area contributed by atoms with Crippen LogP contribution in [0.1, 0.15) is 60.7 Å². The second-order valence-electron chi connectivity index (χ2n) is 8.95. The molecule has 160 valence electrons. The highest BCUT2D eigenvalue weighted by Crippen LogP contribution is 2.49.